The highest BCUT2D eigenvalue weighted by atomic mass is 32.2. The van der Waals surface area contributed by atoms with E-state index in [0.717, 1.165) is 31.0 Å². The van der Waals surface area contributed by atoms with Gasteiger partial charge in [-0.1, -0.05) is 0 Å². The van der Waals surface area contributed by atoms with E-state index in [1.165, 1.54) is 18.5 Å². The number of fused-ring (bicyclic) bond motifs is 1. The van der Waals surface area contributed by atoms with Crippen molar-refractivity contribution < 1.29 is 13.2 Å². The Morgan fingerprint density at radius 2 is 2.09 bits per heavy atom. The lowest BCUT2D eigenvalue weighted by Gasteiger charge is -2.32. The molecule has 1 aromatic heterocycles. The standard InChI is InChI=1S/C15H23N3O3S/c1-21-9-12-7-18(22(19,20)13-4-5-13)8-14-15(12)17(10-16-14)6-11-2-3-11/h10-13H,2-9H2,1H3/t12-/m0/s1. The highest BCUT2D eigenvalue weighted by molar-refractivity contribution is 7.90. The molecule has 2 saturated carbocycles. The van der Waals surface area contributed by atoms with E-state index in [1.807, 2.05) is 6.33 Å². The summed E-state index contributed by atoms with van der Waals surface area (Å²) in [4.78, 5) is 4.51. The van der Waals surface area contributed by atoms with Crippen molar-refractivity contribution >= 4 is 10.0 Å². The average Bonchev–Trinajstić information content (AvgIpc) is 3.38. The number of nitrogens with zero attached hydrogens (tertiary/aromatic N) is 3. The van der Waals surface area contributed by atoms with Crippen LogP contribution >= 0.6 is 0 Å². The van der Waals surface area contributed by atoms with Crippen molar-refractivity contribution in [2.75, 3.05) is 20.3 Å². The molecule has 0 radical (unpaired) electrons. The molecule has 1 aromatic rings. The monoisotopic (exact) mass is 325 g/mol. The average molecular weight is 325 g/mol. The molecule has 0 amide bonds. The Balaban J connectivity index is 1.63. The Hall–Kier alpha value is -0.920. The first kappa shape index (κ1) is 14.7. The maximum absolute atomic E-state index is 12.6. The lowest BCUT2D eigenvalue weighted by atomic mass is 10.0. The Labute approximate surface area is 131 Å². The van der Waals surface area contributed by atoms with E-state index >= 15 is 0 Å². The van der Waals surface area contributed by atoms with Gasteiger partial charge in [-0.15, -0.1) is 0 Å². The lowest BCUT2D eigenvalue weighted by molar-refractivity contribution is 0.159. The molecule has 0 saturated heterocycles. The van der Waals surface area contributed by atoms with Crippen molar-refractivity contribution in [3.05, 3.63) is 17.7 Å². The fourth-order valence-electron chi connectivity index (χ4n) is 3.42. The van der Waals surface area contributed by atoms with Gasteiger partial charge < -0.3 is 9.30 Å². The van der Waals surface area contributed by atoms with E-state index in [0.29, 0.717) is 19.7 Å². The second-order valence-electron chi connectivity index (χ2n) is 6.86. The number of rotatable bonds is 6. The van der Waals surface area contributed by atoms with Crippen LogP contribution in [0.3, 0.4) is 0 Å². The molecule has 0 unspecified atom stereocenters. The molecule has 0 N–H and O–H groups in total. The molecule has 4 rings (SSSR count). The predicted molar refractivity (Wildman–Crippen MR) is 81.9 cm³/mol. The van der Waals surface area contributed by atoms with Crippen molar-refractivity contribution in [1.29, 1.82) is 0 Å². The highest BCUT2D eigenvalue weighted by Crippen LogP contribution is 2.38. The Morgan fingerprint density at radius 3 is 2.73 bits per heavy atom. The molecule has 22 heavy (non-hydrogen) atoms. The van der Waals surface area contributed by atoms with Gasteiger partial charge in [0.25, 0.3) is 0 Å². The molecule has 2 fully saturated rings. The van der Waals surface area contributed by atoms with Crippen LogP contribution in [0, 0.1) is 5.92 Å². The van der Waals surface area contributed by atoms with Crippen LogP contribution in [0.25, 0.3) is 0 Å². The molecular weight excluding hydrogens is 302 g/mol. The van der Waals surface area contributed by atoms with Gasteiger partial charge in [0.15, 0.2) is 0 Å². The quantitative estimate of drug-likeness (QED) is 0.791. The minimum absolute atomic E-state index is 0.0866. The molecule has 2 aliphatic carbocycles. The van der Waals surface area contributed by atoms with Gasteiger partial charge in [0.05, 0.1) is 30.4 Å². The van der Waals surface area contributed by atoms with E-state index < -0.39 is 10.0 Å². The molecule has 0 aromatic carbocycles. The van der Waals surface area contributed by atoms with E-state index in [9.17, 15) is 8.42 Å². The van der Waals surface area contributed by atoms with Crippen LogP contribution in [0.5, 0.6) is 0 Å². The van der Waals surface area contributed by atoms with Gasteiger partial charge in [0.1, 0.15) is 0 Å². The maximum atomic E-state index is 12.6. The van der Waals surface area contributed by atoms with E-state index in [1.54, 1.807) is 11.4 Å². The van der Waals surface area contributed by atoms with E-state index in [-0.39, 0.29) is 11.2 Å². The van der Waals surface area contributed by atoms with Gasteiger partial charge in [-0.2, -0.15) is 4.31 Å². The summed E-state index contributed by atoms with van der Waals surface area (Å²) in [7, 11) is -1.48. The topological polar surface area (TPSA) is 64.4 Å². The number of hydrogen-bond donors (Lipinski definition) is 0. The summed E-state index contributed by atoms with van der Waals surface area (Å²) >= 11 is 0. The summed E-state index contributed by atoms with van der Waals surface area (Å²) in [5, 5.41) is -0.161. The first-order valence-electron chi connectivity index (χ1n) is 8.11. The van der Waals surface area contributed by atoms with Gasteiger partial charge in [-0.3, -0.25) is 0 Å². The molecule has 3 aliphatic rings. The molecule has 0 bridgehead atoms. The maximum Gasteiger partial charge on any atom is 0.217 e. The zero-order valence-corrected chi connectivity index (χ0v) is 13.8. The first-order chi connectivity index (χ1) is 10.6. The van der Waals surface area contributed by atoms with Crippen LogP contribution in [0.15, 0.2) is 6.33 Å². The van der Waals surface area contributed by atoms with Gasteiger partial charge in [-0.05, 0) is 31.6 Å². The third-order valence-electron chi connectivity index (χ3n) is 4.92. The fourth-order valence-corrected chi connectivity index (χ4v) is 5.26. The molecule has 0 spiro atoms. The highest BCUT2D eigenvalue weighted by Gasteiger charge is 2.43. The van der Waals surface area contributed by atoms with Gasteiger partial charge in [-0.25, -0.2) is 13.4 Å². The van der Waals surface area contributed by atoms with Crippen molar-refractivity contribution in [1.82, 2.24) is 13.9 Å². The number of methoxy groups -OCH3 is 1. The second-order valence-corrected chi connectivity index (χ2v) is 9.07. The zero-order chi connectivity index (χ0) is 15.3. The number of ether oxygens (including phenoxy) is 1. The Kier molecular flexibility index (Phi) is 3.54. The number of hydrogen-bond acceptors (Lipinski definition) is 4. The SMILES string of the molecule is COC[C@@H]1CN(S(=O)(=O)C2CC2)Cc2ncn(CC3CC3)c21. The van der Waals surface area contributed by atoms with Crippen LogP contribution in [0.1, 0.15) is 43.0 Å². The molecule has 6 nitrogen and oxygen atoms in total. The van der Waals surface area contributed by atoms with Crippen LogP contribution in [-0.4, -0.2) is 47.8 Å². The number of imidazole rings is 1. The van der Waals surface area contributed by atoms with E-state index in [2.05, 4.69) is 9.55 Å². The summed E-state index contributed by atoms with van der Waals surface area (Å²) in [6, 6.07) is 0. The third-order valence-corrected chi connectivity index (χ3v) is 7.23. The number of aromatic nitrogens is 2. The zero-order valence-electron chi connectivity index (χ0n) is 12.9. The third kappa shape index (κ3) is 2.59. The number of sulfonamides is 1. The first-order valence-corrected chi connectivity index (χ1v) is 9.61. The summed E-state index contributed by atoms with van der Waals surface area (Å²) in [5.74, 6) is 0.859. The summed E-state index contributed by atoms with van der Waals surface area (Å²) in [5.41, 5.74) is 2.11. The summed E-state index contributed by atoms with van der Waals surface area (Å²) in [6.45, 7) is 2.50. The van der Waals surface area contributed by atoms with Gasteiger partial charge >= 0.3 is 0 Å². The van der Waals surface area contributed by atoms with Gasteiger partial charge in [0, 0.05) is 31.8 Å². The van der Waals surface area contributed by atoms with Crippen molar-refractivity contribution in [2.45, 2.75) is 49.9 Å². The Morgan fingerprint density at radius 1 is 1.32 bits per heavy atom. The minimum atomic E-state index is -3.16. The molecule has 7 heteroatoms. The fraction of sp³-hybridized carbons (Fsp3) is 0.800. The Bertz CT molecular complexity index is 662. The van der Waals surface area contributed by atoms with Crippen molar-refractivity contribution in [3.8, 4) is 0 Å². The summed E-state index contributed by atoms with van der Waals surface area (Å²) < 4.78 is 34.3. The minimum Gasteiger partial charge on any atom is -0.384 e. The van der Waals surface area contributed by atoms with E-state index in [4.69, 9.17) is 4.74 Å². The normalized spacial score (nSPS) is 26.1. The lowest BCUT2D eigenvalue weighted by Crippen LogP contribution is -2.41. The van der Waals surface area contributed by atoms with Crippen LogP contribution in [0.4, 0.5) is 0 Å². The molecule has 1 aliphatic heterocycles. The largest absolute Gasteiger partial charge is 0.384 e. The summed E-state index contributed by atoms with van der Waals surface area (Å²) in [6.07, 6.45) is 6.08. The van der Waals surface area contributed by atoms with Gasteiger partial charge in [0.2, 0.25) is 10.0 Å². The van der Waals surface area contributed by atoms with Crippen molar-refractivity contribution in [2.24, 2.45) is 5.92 Å². The molecule has 1 atom stereocenters. The second kappa shape index (κ2) is 5.32. The van der Waals surface area contributed by atoms with Crippen LogP contribution < -0.4 is 0 Å². The molecular formula is C15H23N3O3S. The van der Waals surface area contributed by atoms with Crippen LogP contribution in [0.2, 0.25) is 0 Å². The van der Waals surface area contributed by atoms with Crippen molar-refractivity contribution in [3.63, 3.8) is 0 Å². The molecule has 2 heterocycles. The smallest absolute Gasteiger partial charge is 0.217 e. The van der Waals surface area contributed by atoms with Crippen LogP contribution in [-0.2, 0) is 27.8 Å². The molecule has 122 valence electrons. The predicted octanol–water partition coefficient (Wildman–Crippen LogP) is 1.33.